The lowest BCUT2D eigenvalue weighted by molar-refractivity contribution is -0.166. The molecule has 0 aliphatic rings. The molecule has 368 valence electrons. The van der Waals surface area contributed by atoms with E-state index < -0.39 is 6.10 Å². The van der Waals surface area contributed by atoms with Crippen LogP contribution in [0, 0.1) is 0 Å². The number of carbonyl (C=O) groups is 3. The SMILES string of the molecule is CC/C=C/C/C=C/C/C=C/CCCCCCCCCCCC(=O)OCC(COC(=O)CC/C=C/C/C=C/CCCCCCCC)OC(=O)CCCCC/C=C/CCCCCCCCC. The first-order chi connectivity index (χ1) is 31.5. The summed E-state index contributed by atoms with van der Waals surface area (Å²) in [5.41, 5.74) is 0. The molecule has 1 unspecified atom stereocenters. The van der Waals surface area contributed by atoms with E-state index in [1.54, 1.807) is 0 Å². The minimum atomic E-state index is -0.807. The number of esters is 3. The number of ether oxygens (including phenoxy) is 3. The Morgan fingerprint density at radius 3 is 1.08 bits per heavy atom. The van der Waals surface area contributed by atoms with Crippen molar-refractivity contribution in [1.82, 2.24) is 0 Å². The highest BCUT2D eigenvalue weighted by atomic mass is 16.6. The summed E-state index contributed by atoms with van der Waals surface area (Å²) in [4.78, 5) is 38.0. The van der Waals surface area contributed by atoms with Crippen LogP contribution in [-0.2, 0) is 28.6 Å². The van der Waals surface area contributed by atoms with Gasteiger partial charge >= 0.3 is 17.9 Å². The molecule has 0 heterocycles. The number of rotatable bonds is 48. The molecule has 0 saturated heterocycles. The molecule has 6 nitrogen and oxygen atoms in total. The van der Waals surface area contributed by atoms with Gasteiger partial charge in [0.15, 0.2) is 6.10 Å². The monoisotopic (exact) mass is 893 g/mol. The normalized spacial score (nSPS) is 12.6. The molecule has 0 rings (SSSR count). The van der Waals surface area contributed by atoms with Crippen LogP contribution in [0.5, 0.6) is 0 Å². The second-order valence-electron chi connectivity index (χ2n) is 17.7. The zero-order valence-electron chi connectivity index (χ0n) is 42.0. The van der Waals surface area contributed by atoms with E-state index in [1.165, 1.54) is 128 Å². The van der Waals surface area contributed by atoms with Crippen molar-refractivity contribution in [2.45, 2.75) is 264 Å². The third kappa shape index (κ3) is 49.9. The summed E-state index contributed by atoms with van der Waals surface area (Å²) in [6.45, 7) is 6.45. The van der Waals surface area contributed by atoms with Crippen LogP contribution in [0.3, 0.4) is 0 Å². The van der Waals surface area contributed by atoms with Crippen LogP contribution in [0.2, 0.25) is 0 Å². The molecule has 0 radical (unpaired) electrons. The Morgan fingerprint density at radius 2 is 0.641 bits per heavy atom. The standard InChI is InChI=1S/C58H100O6/c1-4-7-10-13-16-19-22-25-27-28-29-30-31-34-36-39-42-45-48-51-57(60)63-54-55(53-62-56(59)50-47-44-41-38-35-32-24-21-18-15-12-9-6-3)64-58(61)52-49-46-43-40-37-33-26-23-20-17-14-11-8-5-2/h7,10,16,19,25,27,32-33,35,37,41,44,55H,4-6,8-9,11-15,17-18,20-24,26,28-31,34,36,38-40,42-43,45-54H2,1-3H3/b10-7+,19-16+,27-25+,35-32+,37-33+,44-41+. The van der Waals surface area contributed by atoms with Gasteiger partial charge in [0.25, 0.3) is 0 Å². The van der Waals surface area contributed by atoms with Gasteiger partial charge in [0.2, 0.25) is 0 Å². The topological polar surface area (TPSA) is 78.9 Å². The lowest BCUT2D eigenvalue weighted by Gasteiger charge is -2.18. The molecule has 0 fully saturated rings. The molecule has 0 aliphatic carbocycles. The highest BCUT2D eigenvalue weighted by Gasteiger charge is 2.19. The van der Waals surface area contributed by atoms with Crippen molar-refractivity contribution in [3.05, 3.63) is 72.9 Å². The lowest BCUT2D eigenvalue weighted by Crippen LogP contribution is -2.30. The summed E-state index contributed by atoms with van der Waals surface area (Å²) < 4.78 is 16.7. The zero-order chi connectivity index (χ0) is 46.5. The van der Waals surface area contributed by atoms with Crippen LogP contribution < -0.4 is 0 Å². The number of hydrogen-bond donors (Lipinski definition) is 0. The van der Waals surface area contributed by atoms with Gasteiger partial charge < -0.3 is 14.2 Å². The predicted octanol–water partition coefficient (Wildman–Crippen LogP) is 17.8. The maximum Gasteiger partial charge on any atom is 0.306 e. The average molecular weight is 893 g/mol. The van der Waals surface area contributed by atoms with Crippen molar-refractivity contribution in [3.63, 3.8) is 0 Å². The number of carbonyl (C=O) groups excluding carboxylic acids is 3. The van der Waals surface area contributed by atoms with Gasteiger partial charge in [-0.05, 0) is 96.3 Å². The Hall–Kier alpha value is -3.15. The van der Waals surface area contributed by atoms with Crippen molar-refractivity contribution in [1.29, 1.82) is 0 Å². The molecular formula is C58H100O6. The van der Waals surface area contributed by atoms with Crippen molar-refractivity contribution >= 4 is 17.9 Å². The molecule has 64 heavy (non-hydrogen) atoms. The molecule has 0 saturated carbocycles. The third-order valence-electron chi connectivity index (χ3n) is 11.4. The molecule has 0 aromatic carbocycles. The van der Waals surface area contributed by atoms with Gasteiger partial charge in [0.1, 0.15) is 13.2 Å². The predicted molar refractivity (Wildman–Crippen MR) is 274 cm³/mol. The quantitative estimate of drug-likeness (QED) is 0.0262. The molecular weight excluding hydrogens is 793 g/mol. The van der Waals surface area contributed by atoms with E-state index in [2.05, 4.69) is 87.6 Å². The van der Waals surface area contributed by atoms with Gasteiger partial charge in [-0.15, -0.1) is 0 Å². The van der Waals surface area contributed by atoms with Crippen LogP contribution in [-0.4, -0.2) is 37.2 Å². The van der Waals surface area contributed by atoms with Crippen LogP contribution in [0.15, 0.2) is 72.9 Å². The molecule has 0 N–H and O–H groups in total. The summed E-state index contributed by atoms with van der Waals surface area (Å²) >= 11 is 0. The Bertz CT molecular complexity index is 1210. The van der Waals surface area contributed by atoms with E-state index in [1.807, 2.05) is 6.08 Å². The van der Waals surface area contributed by atoms with Crippen molar-refractivity contribution in [2.75, 3.05) is 13.2 Å². The van der Waals surface area contributed by atoms with Gasteiger partial charge in [0.05, 0.1) is 0 Å². The highest BCUT2D eigenvalue weighted by Crippen LogP contribution is 2.14. The summed E-state index contributed by atoms with van der Waals surface area (Å²) in [5.74, 6) is -0.989. The molecule has 0 bridgehead atoms. The fourth-order valence-corrected chi connectivity index (χ4v) is 7.39. The Balaban J connectivity index is 4.42. The second kappa shape index (κ2) is 52.5. The summed E-state index contributed by atoms with van der Waals surface area (Å²) in [6.07, 6.45) is 66.2. The molecule has 0 aromatic rings. The third-order valence-corrected chi connectivity index (χ3v) is 11.4. The van der Waals surface area contributed by atoms with E-state index in [0.717, 1.165) is 83.5 Å². The summed E-state index contributed by atoms with van der Waals surface area (Å²) in [7, 11) is 0. The van der Waals surface area contributed by atoms with Crippen molar-refractivity contribution < 1.29 is 28.6 Å². The van der Waals surface area contributed by atoms with Gasteiger partial charge in [-0.2, -0.15) is 0 Å². The minimum Gasteiger partial charge on any atom is -0.462 e. The van der Waals surface area contributed by atoms with E-state index in [4.69, 9.17) is 14.2 Å². The maximum atomic E-state index is 12.8. The molecule has 0 amide bonds. The van der Waals surface area contributed by atoms with Crippen LogP contribution in [0.4, 0.5) is 0 Å². The number of unbranched alkanes of at least 4 members (excludes halogenated alkanes) is 25. The largest absolute Gasteiger partial charge is 0.462 e. The first kappa shape index (κ1) is 60.9. The molecule has 0 spiro atoms. The number of allylic oxidation sites excluding steroid dienone is 12. The molecule has 0 aliphatic heterocycles. The first-order valence-electron chi connectivity index (χ1n) is 26.9. The van der Waals surface area contributed by atoms with Crippen molar-refractivity contribution in [3.8, 4) is 0 Å². The number of hydrogen-bond acceptors (Lipinski definition) is 6. The van der Waals surface area contributed by atoms with E-state index >= 15 is 0 Å². The van der Waals surface area contributed by atoms with E-state index in [9.17, 15) is 14.4 Å². The second-order valence-corrected chi connectivity index (χ2v) is 17.7. The van der Waals surface area contributed by atoms with Crippen LogP contribution in [0.1, 0.15) is 258 Å². The van der Waals surface area contributed by atoms with Gasteiger partial charge in [-0.1, -0.05) is 216 Å². The van der Waals surface area contributed by atoms with E-state index in [-0.39, 0.29) is 37.5 Å². The smallest absolute Gasteiger partial charge is 0.306 e. The van der Waals surface area contributed by atoms with Gasteiger partial charge in [-0.3, -0.25) is 14.4 Å². The molecule has 1 atom stereocenters. The van der Waals surface area contributed by atoms with Gasteiger partial charge in [0, 0.05) is 19.3 Å². The Kier molecular flexibility index (Phi) is 49.9. The summed E-state index contributed by atoms with van der Waals surface area (Å²) in [6, 6.07) is 0. The Morgan fingerprint density at radius 1 is 0.328 bits per heavy atom. The van der Waals surface area contributed by atoms with Crippen LogP contribution >= 0.6 is 0 Å². The van der Waals surface area contributed by atoms with Crippen molar-refractivity contribution in [2.24, 2.45) is 0 Å². The Labute approximate surface area is 395 Å². The molecule has 6 heteroatoms. The average Bonchev–Trinajstić information content (AvgIpc) is 3.29. The zero-order valence-corrected chi connectivity index (χ0v) is 42.0. The fraction of sp³-hybridized carbons (Fsp3) is 0.741. The fourth-order valence-electron chi connectivity index (χ4n) is 7.39. The highest BCUT2D eigenvalue weighted by molar-refractivity contribution is 5.71. The van der Waals surface area contributed by atoms with Crippen LogP contribution in [0.25, 0.3) is 0 Å². The minimum absolute atomic E-state index is 0.101. The lowest BCUT2D eigenvalue weighted by atomic mass is 10.1. The maximum absolute atomic E-state index is 12.8. The van der Waals surface area contributed by atoms with E-state index in [0.29, 0.717) is 19.3 Å². The van der Waals surface area contributed by atoms with Gasteiger partial charge in [-0.25, -0.2) is 0 Å². The first-order valence-corrected chi connectivity index (χ1v) is 26.9. The summed E-state index contributed by atoms with van der Waals surface area (Å²) in [5, 5.41) is 0. The molecule has 0 aromatic heterocycles.